The molecule has 0 aromatic heterocycles. The van der Waals surface area contributed by atoms with Crippen LogP contribution in [0.5, 0.6) is 0 Å². The van der Waals surface area contributed by atoms with Gasteiger partial charge in [0.15, 0.2) is 5.30 Å². The molecule has 0 saturated heterocycles. The Morgan fingerprint density at radius 1 is 0.743 bits per heavy atom. The van der Waals surface area contributed by atoms with E-state index in [1.165, 1.54) is 12.0 Å². The second-order valence-corrected chi connectivity index (χ2v) is 9.10. The highest BCUT2D eigenvalue weighted by Gasteiger charge is 2.13. The number of carbonyl (C=O) groups is 2. The zero-order valence-corrected chi connectivity index (χ0v) is 22.6. The minimum Gasteiger partial charge on any atom is -0.290 e. The first kappa shape index (κ1) is 30.8. The molecule has 186 valence electrons. The molecule has 0 aliphatic heterocycles. The van der Waals surface area contributed by atoms with E-state index >= 15 is 0 Å². The minimum atomic E-state index is -0.495. The van der Waals surface area contributed by atoms with Crippen LogP contribution in [0, 0.1) is 0 Å². The minimum absolute atomic E-state index is 0.198. The van der Waals surface area contributed by atoms with Crippen molar-refractivity contribution in [3.05, 3.63) is 97.4 Å². The summed E-state index contributed by atoms with van der Waals surface area (Å²) < 4.78 is 10.4. The van der Waals surface area contributed by atoms with Gasteiger partial charge in [-0.1, -0.05) is 88.6 Å². The topological polar surface area (TPSA) is 127 Å². The summed E-state index contributed by atoms with van der Waals surface area (Å²) in [6.45, 7) is 2.16. The first-order valence-corrected chi connectivity index (χ1v) is 12.5. The summed E-state index contributed by atoms with van der Waals surface area (Å²) in [4.78, 5) is 22.1. The Balaban J connectivity index is 0.000000263. The first-order valence-electron chi connectivity index (χ1n) is 10.1. The Morgan fingerprint density at radius 3 is 1.40 bits per heavy atom. The van der Waals surface area contributed by atoms with Gasteiger partial charge in [-0.3, -0.25) is 20.4 Å². The summed E-state index contributed by atoms with van der Waals surface area (Å²) in [6.07, 6.45) is 2.28. The molecule has 6 N–H and O–H groups in total. The molecule has 0 bridgehead atoms. The van der Waals surface area contributed by atoms with Crippen LogP contribution in [0.3, 0.4) is 0 Å². The van der Waals surface area contributed by atoms with Crippen molar-refractivity contribution in [3.8, 4) is 0 Å². The number of hydrogen-bond donors (Lipinski definition) is 4. The maximum atomic E-state index is 11.1. The van der Waals surface area contributed by atoms with E-state index in [1.807, 2.05) is 35.1 Å². The molecule has 1 atom stereocenters. The van der Waals surface area contributed by atoms with Gasteiger partial charge in [0, 0.05) is 0 Å². The lowest BCUT2D eigenvalue weighted by Crippen LogP contribution is -2.30. The number of aryl methyl sites for hydroxylation is 1. The van der Waals surface area contributed by atoms with Gasteiger partial charge in [0.2, 0.25) is 0 Å². The van der Waals surface area contributed by atoms with E-state index in [4.69, 9.17) is 58.1 Å². The molecule has 2 amide bonds. The average molecular weight is 577 g/mol. The largest absolute Gasteiger partial charge is 0.363 e. The summed E-state index contributed by atoms with van der Waals surface area (Å²) in [5.74, 6) is 8.86. The van der Waals surface area contributed by atoms with Crippen LogP contribution in [0.2, 0.25) is 20.1 Å². The highest BCUT2D eigenvalue weighted by molar-refractivity contribution is 7.34. The standard InChI is InChI=1S/C9H11OP.2C7H6Cl2N2O/c1-2-3-8-4-6-9(11-10)7-5-8;2*8-4-2-1-3-5(9)6(4)7(12)11-10/h4-7H,2-3H2,1H3;2*1-3H,10H2,(H,11,12)/p+1. The molecular weight excluding hydrogens is 553 g/mol. The van der Waals surface area contributed by atoms with Gasteiger partial charge in [0.25, 0.3) is 11.8 Å². The van der Waals surface area contributed by atoms with Gasteiger partial charge in [0.05, 0.1) is 31.2 Å². The normalized spacial score (nSPS) is 9.80. The third-order valence-corrected chi connectivity index (χ3v) is 6.08. The Hall–Kier alpha value is -2.22. The van der Waals surface area contributed by atoms with Crippen molar-refractivity contribution in [2.75, 3.05) is 0 Å². The zero-order valence-electron chi connectivity index (χ0n) is 18.6. The lowest BCUT2D eigenvalue weighted by Gasteiger charge is -2.03. The predicted molar refractivity (Wildman–Crippen MR) is 145 cm³/mol. The quantitative estimate of drug-likeness (QED) is 0.138. The Kier molecular flexibility index (Phi) is 14.5. The molecule has 3 aromatic rings. The van der Waals surface area contributed by atoms with E-state index in [1.54, 1.807) is 36.4 Å². The number of halogens is 4. The van der Waals surface area contributed by atoms with Gasteiger partial charge in [0.1, 0.15) is 0 Å². The second kappa shape index (κ2) is 16.5. The van der Waals surface area contributed by atoms with E-state index < -0.39 is 11.8 Å². The number of nitrogen functional groups attached to an aromatic ring is 2. The second-order valence-electron chi connectivity index (χ2n) is 6.69. The van der Waals surface area contributed by atoms with Crippen LogP contribution in [0.15, 0.2) is 60.7 Å². The molecule has 1 unspecified atom stereocenters. The molecule has 3 rings (SSSR count). The molecule has 35 heavy (non-hydrogen) atoms. The third kappa shape index (κ3) is 10.1. The summed E-state index contributed by atoms with van der Waals surface area (Å²) in [5.41, 5.74) is 5.63. The number of rotatable bonds is 5. The summed E-state index contributed by atoms with van der Waals surface area (Å²) in [6, 6.07) is 17.5. The highest BCUT2D eigenvalue weighted by atomic mass is 35.5. The average Bonchev–Trinajstić information content (AvgIpc) is 2.85. The highest BCUT2D eigenvalue weighted by Crippen LogP contribution is 2.24. The van der Waals surface area contributed by atoms with E-state index in [2.05, 4.69) is 6.92 Å². The fourth-order valence-corrected chi connectivity index (χ4v) is 4.04. The van der Waals surface area contributed by atoms with Crippen molar-refractivity contribution in [1.29, 1.82) is 0 Å². The molecule has 0 aliphatic carbocycles. The van der Waals surface area contributed by atoms with Crippen molar-refractivity contribution >= 4 is 72.0 Å². The van der Waals surface area contributed by atoms with E-state index in [-0.39, 0.29) is 39.7 Å². The summed E-state index contributed by atoms with van der Waals surface area (Å²) in [7, 11) is -0.322. The summed E-state index contributed by atoms with van der Waals surface area (Å²) >= 11 is 22.8. The number of nitrogens with one attached hydrogen (secondary N) is 2. The van der Waals surface area contributed by atoms with Crippen LogP contribution in [-0.2, 0) is 11.0 Å². The monoisotopic (exact) mass is 575 g/mol. The van der Waals surface area contributed by atoms with E-state index in [0.717, 1.165) is 11.7 Å². The van der Waals surface area contributed by atoms with Crippen LogP contribution in [0.1, 0.15) is 39.6 Å². The van der Waals surface area contributed by atoms with Crippen LogP contribution in [0.4, 0.5) is 0 Å². The predicted octanol–water partition coefficient (Wildman–Crippen LogP) is 5.48. The number of hydrogen-bond acceptors (Lipinski definition) is 5. The zero-order chi connectivity index (χ0) is 26.4. The molecule has 0 aliphatic rings. The number of amides is 2. The maximum Gasteiger partial charge on any atom is 0.363 e. The van der Waals surface area contributed by atoms with Crippen LogP contribution in [0.25, 0.3) is 0 Å². The number of benzene rings is 3. The number of carbonyl (C=O) groups excluding carboxylic acids is 2. The molecule has 0 saturated carbocycles. The van der Waals surface area contributed by atoms with Gasteiger partial charge in [-0.05, 0) is 48.4 Å². The Labute approximate surface area is 225 Å². The van der Waals surface area contributed by atoms with Crippen molar-refractivity contribution < 1.29 is 14.2 Å². The van der Waals surface area contributed by atoms with Gasteiger partial charge in [-0.25, -0.2) is 11.7 Å². The molecular formula is C23H24Cl4N4O3P+. The van der Waals surface area contributed by atoms with Gasteiger partial charge in [-0.15, -0.1) is 0 Å². The van der Waals surface area contributed by atoms with Crippen LogP contribution in [-0.4, -0.2) is 11.8 Å². The lowest BCUT2D eigenvalue weighted by molar-refractivity contribution is 0.0946. The summed E-state index contributed by atoms with van der Waals surface area (Å²) in [5, 5.41) is 2.04. The maximum absolute atomic E-state index is 11.1. The molecule has 0 radical (unpaired) electrons. The lowest BCUT2D eigenvalue weighted by atomic mass is 10.1. The van der Waals surface area contributed by atoms with Crippen LogP contribution >= 0.6 is 54.9 Å². The fraction of sp³-hybridized carbons (Fsp3) is 0.130. The molecule has 3 aromatic carbocycles. The SMILES string of the molecule is CCCc1ccc([PH+]=O)cc1.NNC(=O)c1c(Cl)cccc1Cl.NNC(=O)c1c(Cl)cccc1Cl. The molecule has 12 heteroatoms. The van der Waals surface area contributed by atoms with Crippen LogP contribution < -0.4 is 27.8 Å². The van der Waals surface area contributed by atoms with Gasteiger partial charge < -0.3 is 0 Å². The smallest absolute Gasteiger partial charge is 0.290 e. The van der Waals surface area contributed by atoms with Gasteiger partial charge >= 0.3 is 8.46 Å². The number of hydrazine groups is 2. The van der Waals surface area contributed by atoms with Crippen molar-refractivity contribution in [2.45, 2.75) is 19.8 Å². The van der Waals surface area contributed by atoms with Gasteiger partial charge in [-0.2, -0.15) is 0 Å². The van der Waals surface area contributed by atoms with Crippen molar-refractivity contribution in [2.24, 2.45) is 11.7 Å². The molecule has 7 nitrogen and oxygen atoms in total. The Bertz CT molecular complexity index is 1040. The van der Waals surface area contributed by atoms with E-state index in [0.29, 0.717) is 0 Å². The van der Waals surface area contributed by atoms with Crippen molar-refractivity contribution in [3.63, 3.8) is 0 Å². The first-order chi connectivity index (χ1) is 16.7. The molecule has 0 fully saturated rings. The number of nitrogens with two attached hydrogens (primary N) is 2. The third-order valence-electron chi connectivity index (χ3n) is 4.25. The van der Waals surface area contributed by atoms with E-state index in [9.17, 15) is 14.2 Å². The Morgan fingerprint density at radius 2 is 1.11 bits per heavy atom. The molecule has 0 heterocycles. The molecule has 0 spiro atoms. The van der Waals surface area contributed by atoms with Crippen molar-refractivity contribution in [1.82, 2.24) is 10.9 Å². The fourth-order valence-electron chi connectivity index (χ4n) is 2.60.